The molecule has 2 fully saturated rings. The van der Waals surface area contributed by atoms with Crippen LogP contribution in [0.3, 0.4) is 0 Å². The van der Waals surface area contributed by atoms with Gasteiger partial charge in [-0.15, -0.1) is 0 Å². The van der Waals surface area contributed by atoms with Gasteiger partial charge in [0.2, 0.25) is 23.6 Å². The number of halogens is 2. The number of nitrogens with zero attached hydrogens (tertiary/aromatic N) is 5. The molecule has 0 saturated carbocycles. The average molecular weight is 720 g/mol. The predicted molar refractivity (Wildman–Crippen MR) is 192 cm³/mol. The lowest BCUT2D eigenvalue weighted by Crippen LogP contribution is -2.35. The molecule has 1 unspecified atom stereocenters. The molecular weight excluding hydrogens is 679 g/mol. The minimum absolute atomic E-state index is 0.0811. The Bertz CT molecular complexity index is 1880. The van der Waals surface area contributed by atoms with Gasteiger partial charge in [0, 0.05) is 80.9 Å². The van der Waals surface area contributed by atoms with Gasteiger partial charge in [0.25, 0.3) is 0 Å². The summed E-state index contributed by atoms with van der Waals surface area (Å²) in [6.07, 6.45) is 5.71. The van der Waals surface area contributed by atoms with Crippen molar-refractivity contribution in [3.05, 3.63) is 70.2 Å². The molecule has 3 N–H and O–H groups in total. The van der Waals surface area contributed by atoms with Gasteiger partial charge in [-0.3, -0.25) is 19.6 Å². The van der Waals surface area contributed by atoms with Gasteiger partial charge < -0.3 is 30.3 Å². The molecule has 262 valence electrons. The number of methoxy groups -OCH3 is 2. The summed E-state index contributed by atoms with van der Waals surface area (Å²) >= 11 is 14.1. The number of hydrogen-bond acceptors (Lipinski definition) is 10. The van der Waals surface area contributed by atoms with E-state index >= 15 is 0 Å². The lowest BCUT2D eigenvalue weighted by atomic mass is 9.98. The Kier molecular flexibility index (Phi) is 11.4. The zero-order valence-corrected chi connectivity index (χ0v) is 29.8. The van der Waals surface area contributed by atoms with E-state index in [2.05, 4.69) is 25.9 Å². The quantitative estimate of drug-likeness (QED) is 0.174. The van der Waals surface area contributed by atoms with E-state index in [-0.39, 0.29) is 17.9 Å². The van der Waals surface area contributed by atoms with Crippen molar-refractivity contribution in [3.8, 4) is 45.4 Å². The largest absolute Gasteiger partial charge is 0.480 e. The van der Waals surface area contributed by atoms with Crippen LogP contribution in [0.1, 0.15) is 37.6 Å². The lowest BCUT2D eigenvalue weighted by molar-refractivity contribution is -0.128. The van der Waals surface area contributed by atoms with Gasteiger partial charge >= 0.3 is 0 Å². The molecule has 2 aliphatic heterocycles. The summed E-state index contributed by atoms with van der Waals surface area (Å²) in [5.74, 6) is 1.39. The molecule has 2 saturated heterocycles. The molecular formula is C36H40Cl2N8O4. The molecule has 2 aliphatic rings. The van der Waals surface area contributed by atoms with Crippen LogP contribution in [0.2, 0.25) is 10.0 Å². The van der Waals surface area contributed by atoms with Gasteiger partial charge in [-0.1, -0.05) is 59.6 Å². The van der Waals surface area contributed by atoms with Crippen LogP contribution in [0.15, 0.2) is 48.8 Å². The normalized spacial score (nSPS) is 17.2. The predicted octanol–water partition coefficient (Wildman–Crippen LogP) is 4.92. The molecule has 2 atom stereocenters. The molecule has 14 heteroatoms. The molecule has 2 aromatic heterocycles. The van der Waals surface area contributed by atoms with Crippen molar-refractivity contribution in [3.63, 3.8) is 0 Å². The standard InChI is InChI=1S/C36H40Cl2N8O4/c1-21(47)46-13-12-22(20-46)14-39-16-30-35(49-2)44-28(18-41-30)26-8-4-6-24(33(26)37)25-7-5-9-27(34(25)38)29-19-42-31(36(45-29)50-3)17-40-15-23-10-11-32(48)43-23/h4-9,18-19,22-23,39-40H,10-17,20H2,1-3H3,(H,43,48)/t22?,23-/m0/s1. The third-order valence-electron chi connectivity index (χ3n) is 9.07. The Morgan fingerprint density at radius 2 is 1.40 bits per heavy atom. The van der Waals surface area contributed by atoms with Gasteiger partial charge in [0.15, 0.2) is 0 Å². The monoisotopic (exact) mass is 718 g/mol. The van der Waals surface area contributed by atoms with Crippen LogP contribution in [0.4, 0.5) is 0 Å². The van der Waals surface area contributed by atoms with E-state index in [1.165, 1.54) is 0 Å². The van der Waals surface area contributed by atoms with Gasteiger partial charge in [0.1, 0.15) is 11.4 Å². The Morgan fingerprint density at radius 1 is 0.860 bits per heavy atom. The van der Waals surface area contributed by atoms with E-state index in [0.717, 1.165) is 43.6 Å². The Balaban J connectivity index is 1.18. The molecule has 4 heterocycles. The minimum Gasteiger partial charge on any atom is -0.480 e. The smallest absolute Gasteiger partial charge is 0.237 e. The molecule has 0 bridgehead atoms. The number of benzene rings is 2. The molecule has 0 aliphatic carbocycles. The molecule has 12 nitrogen and oxygen atoms in total. The third-order valence-corrected chi connectivity index (χ3v) is 9.89. The fourth-order valence-corrected chi connectivity index (χ4v) is 7.02. The summed E-state index contributed by atoms with van der Waals surface area (Å²) in [6, 6.07) is 11.5. The number of hydrogen-bond donors (Lipinski definition) is 3. The number of carbonyl (C=O) groups is 2. The fraction of sp³-hybridized carbons (Fsp3) is 0.389. The average Bonchev–Trinajstić information content (AvgIpc) is 3.78. The van der Waals surface area contributed by atoms with Gasteiger partial charge in [0.05, 0.1) is 48.0 Å². The van der Waals surface area contributed by atoms with E-state index in [4.69, 9.17) is 42.6 Å². The Labute approximate surface area is 301 Å². The van der Waals surface area contributed by atoms with Gasteiger partial charge in [-0.25, -0.2) is 9.97 Å². The van der Waals surface area contributed by atoms with Crippen LogP contribution < -0.4 is 25.4 Å². The zero-order chi connectivity index (χ0) is 35.2. The maximum atomic E-state index is 11.7. The highest BCUT2D eigenvalue weighted by molar-refractivity contribution is 6.39. The van der Waals surface area contributed by atoms with Gasteiger partial charge in [-0.05, 0) is 18.8 Å². The van der Waals surface area contributed by atoms with Crippen LogP contribution >= 0.6 is 23.2 Å². The highest BCUT2D eigenvalue weighted by atomic mass is 35.5. The van der Waals surface area contributed by atoms with Crippen molar-refractivity contribution in [2.75, 3.05) is 40.4 Å². The molecule has 2 amide bonds. The van der Waals surface area contributed by atoms with Crippen LogP contribution in [0.25, 0.3) is 33.6 Å². The summed E-state index contributed by atoms with van der Waals surface area (Å²) in [7, 11) is 3.12. The number of rotatable bonds is 13. The zero-order valence-electron chi connectivity index (χ0n) is 28.3. The van der Waals surface area contributed by atoms with Gasteiger partial charge in [-0.2, -0.15) is 0 Å². The fourth-order valence-electron chi connectivity index (χ4n) is 6.37. The molecule has 0 radical (unpaired) electrons. The second kappa shape index (κ2) is 16.1. The molecule has 4 aromatic rings. The number of amides is 2. The van der Waals surface area contributed by atoms with E-state index in [1.807, 2.05) is 41.3 Å². The second-order valence-corrected chi connectivity index (χ2v) is 13.2. The van der Waals surface area contributed by atoms with Crippen molar-refractivity contribution in [1.82, 2.24) is 40.8 Å². The first-order valence-corrected chi connectivity index (χ1v) is 17.4. The van der Waals surface area contributed by atoms with E-state index < -0.39 is 0 Å². The van der Waals surface area contributed by atoms with E-state index in [1.54, 1.807) is 33.5 Å². The topological polar surface area (TPSA) is 143 Å². The molecule has 0 spiro atoms. The maximum Gasteiger partial charge on any atom is 0.237 e. The number of aromatic nitrogens is 4. The summed E-state index contributed by atoms with van der Waals surface area (Å²) < 4.78 is 11.2. The van der Waals surface area contributed by atoms with Crippen LogP contribution in [-0.4, -0.2) is 83.1 Å². The van der Waals surface area contributed by atoms with E-state index in [0.29, 0.717) is 87.7 Å². The molecule has 50 heavy (non-hydrogen) atoms. The van der Waals surface area contributed by atoms with E-state index in [9.17, 15) is 9.59 Å². The van der Waals surface area contributed by atoms with Crippen molar-refractivity contribution < 1.29 is 19.1 Å². The molecule has 6 rings (SSSR count). The number of nitrogens with one attached hydrogen (secondary N) is 3. The number of ether oxygens (including phenoxy) is 2. The number of likely N-dealkylation sites (tertiary alicyclic amines) is 1. The first kappa shape index (κ1) is 35.5. The maximum absolute atomic E-state index is 11.7. The van der Waals surface area contributed by atoms with Crippen LogP contribution in [0, 0.1) is 5.92 Å². The second-order valence-electron chi connectivity index (χ2n) is 12.4. The summed E-state index contributed by atoms with van der Waals surface area (Å²) in [5, 5.41) is 10.6. The van der Waals surface area contributed by atoms with Crippen LogP contribution in [0.5, 0.6) is 11.8 Å². The SMILES string of the molecule is COc1nc(-c2cccc(-c3cccc(-c4cnc(CNC[C@@H]5CCC(=O)N5)c(OC)n4)c3Cl)c2Cl)cnc1CNCC1CCN(C(C)=O)C1. The summed E-state index contributed by atoms with van der Waals surface area (Å²) in [4.78, 5) is 43.8. The Morgan fingerprint density at radius 3 is 1.88 bits per heavy atom. The first-order chi connectivity index (χ1) is 24.2. The highest BCUT2D eigenvalue weighted by Crippen LogP contribution is 2.42. The van der Waals surface area contributed by atoms with Crippen molar-refractivity contribution in [1.29, 1.82) is 0 Å². The van der Waals surface area contributed by atoms with Crippen molar-refractivity contribution in [2.45, 2.75) is 45.3 Å². The highest BCUT2D eigenvalue weighted by Gasteiger charge is 2.25. The minimum atomic E-state index is 0.0811. The first-order valence-electron chi connectivity index (χ1n) is 16.6. The third kappa shape index (κ3) is 7.99. The summed E-state index contributed by atoms with van der Waals surface area (Å²) in [5.41, 5.74) is 5.24. The molecule has 2 aromatic carbocycles. The Hall–Kier alpha value is -4.36. The van der Waals surface area contributed by atoms with Crippen molar-refractivity contribution >= 4 is 35.0 Å². The van der Waals surface area contributed by atoms with Crippen molar-refractivity contribution in [2.24, 2.45) is 5.92 Å². The van der Waals surface area contributed by atoms with Crippen LogP contribution in [-0.2, 0) is 22.7 Å². The lowest BCUT2D eigenvalue weighted by Gasteiger charge is -2.16. The number of carbonyl (C=O) groups excluding carboxylic acids is 2. The summed E-state index contributed by atoms with van der Waals surface area (Å²) in [6.45, 7) is 5.50.